The van der Waals surface area contributed by atoms with E-state index in [0.717, 1.165) is 25.8 Å². The zero-order valence-electron chi connectivity index (χ0n) is 19.3. The summed E-state index contributed by atoms with van der Waals surface area (Å²) in [6.07, 6.45) is -0.888. The van der Waals surface area contributed by atoms with Crippen LogP contribution in [0.25, 0.3) is 21.0 Å². The molecule has 0 aliphatic carbocycles. The molecule has 0 aliphatic rings. The van der Waals surface area contributed by atoms with E-state index in [0.29, 0.717) is 22.7 Å². The van der Waals surface area contributed by atoms with E-state index < -0.39 is 23.9 Å². The second-order valence-corrected chi connectivity index (χ2v) is 9.76. The van der Waals surface area contributed by atoms with Gasteiger partial charge < -0.3 is 10.2 Å². The summed E-state index contributed by atoms with van der Waals surface area (Å²) < 4.78 is 2.59. The van der Waals surface area contributed by atoms with Crippen molar-refractivity contribution >= 4 is 44.1 Å². The smallest absolute Gasteiger partial charge is 0.411 e. The van der Waals surface area contributed by atoms with Gasteiger partial charge in [0.25, 0.3) is 5.56 Å². The molecule has 0 unspecified atom stereocenters. The monoisotopic (exact) mass is 481 g/mol. The first-order valence-corrected chi connectivity index (χ1v) is 11.9. The van der Waals surface area contributed by atoms with Crippen LogP contribution in [0.5, 0.6) is 0 Å². The maximum absolute atomic E-state index is 13.3. The summed E-state index contributed by atoms with van der Waals surface area (Å²) in [4.78, 5) is 40.6. The average Bonchev–Trinajstić information content (AvgIpc) is 3.17. The lowest BCUT2D eigenvalue weighted by Crippen LogP contribution is -2.39. The fraction of sp³-hybridized carbons (Fsp3) is 0.320. The molecule has 34 heavy (non-hydrogen) atoms. The molecule has 4 aromatic rings. The van der Waals surface area contributed by atoms with Gasteiger partial charge in [-0.05, 0) is 22.3 Å². The van der Waals surface area contributed by atoms with Gasteiger partial charge in [-0.1, -0.05) is 56.3 Å². The van der Waals surface area contributed by atoms with Gasteiger partial charge in [0.2, 0.25) is 0 Å². The van der Waals surface area contributed by atoms with Crippen molar-refractivity contribution in [3.05, 3.63) is 73.7 Å². The largest absolute Gasteiger partial charge is 0.465 e. The number of rotatable bonds is 7. The number of amides is 1. The van der Waals surface area contributed by atoms with Crippen LogP contribution in [0.1, 0.15) is 24.3 Å². The van der Waals surface area contributed by atoms with Crippen molar-refractivity contribution < 1.29 is 15.0 Å². The van der Waals surface area contributed by atoms with Crippen molar-refractivity contribution in [3.63, 3.8) is 0 Å². The van der Waals surface area contributed by atoms with Gasteiger partial charge in [-0.25, -0.2) is 9.59 Å². The van der Waals surface area contributed by atoms with Crippen LogP contribution in [0.4, 0.5) is 10.5 Å². The zero-order chi connectivity index (χ0) is 24.6. The Morgan fingerprint density at radius 1 is 1.12 bits per heavy atom. The minimum Gasteiger partial charge on any atom is -0.465 e. The fourth-order valence-electron chi connectivity index (χ4n) is 4.32. The van der Waals surface area contributed by atoms with Crippen molar-refractivity contribution in [2.45, 2.75) is 26.8 Å². The van der Waals surface area contributed by atoms with Crippen LogP contribution in [0.15, 0.2) is 52.1 Å². The van der Waals surface area contributed by atoms with E-state index in [1.54, 1.807) is 4.57 Å². The average molecular weight is 482 g/mol. The zero-order valence-corrected chi connectivity index (χ0v) is 20.1. The topological polar surface area (TPSA) is 105 Å². The van der Waals surface area contributed by atoms with E-state index in [1.807, 2.05) is 56.3 Å². The highest BCUT2D eigenvalue weighted by atomic mass is 32.1. The number of hydrogen-bond donors (Lipinski definition) is 2. The molecule has 178 valence electrons. The number of nitrogens with zero attached hydrogens (tertiary/aromatic N) is 3. The van der Waals surface area contributed by atoms with Crippen LogP contribution in [0.3, 0.4) is 0 Å². The number of anilines is 1. The lowest BCUT2D eigenvalue weighted by Gasteiger charge is -2.20. The Labute approximate surface area is 199 Å². The summed E-state index contributed by atoms with van der Waals surface area (Å²) in [5.41, 5.74) is 0.252. The predicted molar refractivity (Wildman–Crippen MR) is 135 cm³/mol. The van der Waals surface area contributed by atoms with Gasteiger partial charge in [0, 0.05) is 24.9 Å². The molecule has 0 spiro atoms. The highest BCUT2D eigenvalue weighted by molar-refractivity contribution is 7.19. The summed E-state index contributed by atoms with van der Waals surface area (Å²) in [5, 5.41) is 21.8. The molecule has 0 aliphatic heterocycles. The quantitative estimate of drug-likeness (QED) is 0.419. The molecular formula is C25H27N3O5S. The molecule has 9 heteroatoms. The molecule has 2 aromatic heterocycles. The SMILES string of the molecule is CC(C)Cn1c(=O)n(C)c(=O)c2c(N(CCO)C(=O)O)c(Cc3cccc4ccccc34)sc21. The van der Waals surface area contributed by atoms with E-state index in [4.69, 9.17) is 0 Å². The lowest BCUT2D eigenvalue weighted by atomic mass is 10.0. The third-order valence-electron chi connectivity index (χ3n) is 5.82. The van der Waals surface area contributed by atoms with Crippen LogP contribution in [-0.2, 0) is 20.0 Å². The van der Waals surface area contributed by atoms with Gasteiger partial charge in [0.1, 0.15) is 4.83 Å². The van der Waals surface area contributed by atoms with Gasteiger partial charge in [0.05, 0.1) is 24.2 Å². The first-order chi connectivity index (χ1) is 16.2. The molecular weight excluding hydrogens is 454 g/mol. The highest BCUT2D eigenvalue weighted by Crippen LogP contribution is 2.38. The van der Waals surface area contributed by atoms with E-state index in [-0.39, 0.29) is 23.5 Å². The first kappa shape index (κ1) is 23.7. The van der Waals surface area contributed by atoms with Crippen molar-refractivity contribution in [1.29, 1.82) is 0 Å². The Hall–Kier alpha value is -3.43. The van der Waals surface area contributed by atoms with E-state index >= 15 is 0 Å². The summed E-state index contributed by atoms with van der Waals surface area (Å²) >= 11 is 1.27. The molecule has 0 bridgehead atoms. The fourth-order valence-corrected chi connectivity index (χ4v) is 5.64. The normalized spacial score (nSPS) is 11.6. The van der Waals surface area contributed by atoms with Crippen molar-refractivity contribution in [1.82, 2.24) is 9.13 Å². The Bertz CT molecular complexity index is 1490. The molecule has 2 heterocycles. The van der Waals surface area contributed by atoms with Crippen LogP contribution in [0.2, 0.25) is 0 Å². The molecule has 0 atom stereocenters. The standard InChI is InChI=1S/C25H27N3O5S/c1-15(2)14-28-23-20(22(30)26(3)24(28)31)21(27(11-12-29)25(32)33)19(34-23)13-17-9-6-8-16-7-4-5-10-18(16)17/h4-10,15,29H,11-14H2,1-3H3,(H,32,33). The van der Waals surface area contributed by atoms with Gasteiger partial charge >= 0.3 is 11.8 Å². The van der Waals surface area contributed by atoms with Crippen molar-refractivity contribution in [2.24, 2.45) is 13.0 Å². The molecule has 0 fully saturated rings. The van der Waals surface area contributed by atoms with Crippen molar-refractivity contribution in [3.8, 4) is 0 Å². The molecule has 0 saturated carbocycles. The van der Waals surface area contributed by atoms with Crippen LogP contribution < -0.4 is 16.1 Å². The molecule has 2 N–H and O–H groups in total. The predicted octanol–water partition coefficient (Wildman–Crippen LogP) is 3.64. The third-order valence-corrected chi connectivity index (χ3v) is 7.02. The second kappa shape index (κ2) is 9.44. The van der Waals surface area contributed by atoms with E-state index in [2.05, 4.69) is 0 Å². The Kier molecular flexibility index (Phi) is 6.58. The number of benzene rings is 2. The number of carboxylic acid groups (broad SMARTS) is 1. The third kappa shape index (κ3) is 4.12. The number of thiophene rings is 1. The molecule has 0 radical (unpaired) electrons. The van der Waals surface area contributed by atoms with Gasteiger partial charge in [-0.15, -0.1) is 11.3 Å². The second-order valence-electron chi connectivity index (χ2n) is 8.68. The summed E-state index contributed by atoms with van der Waals surface area (Å²) in [5.74, 6) is 0.137. The van der Waals surface area contributed by atoms with Crippen LogP contribution in [-0.4, -0.2) is 38.6 Å². The summed E-state index contributed by atoms with van der Waals surface area (Å²) in [7, 11) is 1.41. The summed E-state index contributed by atoms with van der Waals surface area (Å²) in [6, 6.07) is 13.9. The number of aliphatic hydroxyl groups is 1. The number of aliphatic hydroxyl groups excluding tert-OH is 1. The number of aromatic nitrogens is 2. The molecule has 0 saturated heterocycles. The van der Waals surface area contributed by atoms with Crippen LogP contribution >= 0.6 is 11.3 Å². The molecule has 8 nitrogen and oxygen atoms in total. The Morgan fingerprint density at radius 3 is 2.50 bits per heavy atom. The van der Waals surface area contributed by atoms with E-state index in [9.17, 15) is 24.6 Å². The maximum atomic E-state index is 13.3. The number of fused-ring (bicyclic) bond motifs is 2. The maximum Gasteiger partial charge on any atom is 0.411 e. The minimum absolute atomic E-state index is 0.137. The van der Waals surface area contributed by atoms with Gasteiger partial charge in [0.15, 0.2) is 0 Å². The van der Waals surface area contributed by atoms with Gasteiger partial charge in [-0.2, -0.15) is 0 Å². The minimum atomic E-state index is -1.27. The van der Waals surface area contributed by atoms with Gasteiger partial charge in [-0.3, -0.25) is 18.8 Å². The van der Waals surface area contributed by atoms with E-state index in [1.165, 1.54) is 18.4 Å². The molecule has 1 amide bonds. The first-order valence-electron chi connectivity index (χ1n) is 11.1. The number of hydrogen-bond acceptors (Lipinski definition) is 5. The molecule has 4 rings (SSSR count). The summed E-state index contributed by atoms with van der Waals surface area (Å²) in [6.45, 7) is 3.76. The van der Waals surface area contributed by atoms with Crippen LogP contribution in [0, 0.1) is 5.92 Å². The number of carbonyl (C=O) groups is 1. The van der Waals surface area contributed by atoms with Crippen molar-refractivity contribution in [2.75, 3.05) is 18.1 Å². The lowest BCUT2D eigenvalue weighted by molar-refractivity contribution is 0.198. The molecule has 2 aromatic carbocycles. The highest BCUT2D eigenvalue weighted by Gasteiger charge is 2.28. The Balaban J connectivity index is 2.06. The Morgan fingerprint density at radius 2 is 1.82 bits per heavy atom.